The van der Waals surface area contributed by atoms with E-state index in [1.807, 2.05) is 0 Å². The van der Waals surface area contributed by atoms with Gasteiger partial charge in [-0.05, 0) is 36.8 Å². The Morgan fingerprint density at radius 2 is 1.85 bits per heavy atom. The van der Waals surface area contributed by atoms with Crippen LogP contribution in [0, 0.1) is 0 Å². The molecule has 1 aromatic rings. The lowest BCUT2D eigenvalue weighted by atomic mass is 10.1. The molecule has 5 nitrogen and oxygen atoms in total. The van der Waals surface area contributed by atoms with E-state index >= 15 is 0 Å². The first-order valence-corrected chi connectivity index (χ1v) is 9.88. The minimum Gasteiger partial charge on any atom is -0.363 e. The van der Waals surface area contributed by atoms with Crippen LogP contribution in [0.3, 0.4) is 0 Å². The zero-order valence-corrected chi connectivity index (χ0v) is 18.5. The fourth-order valence-electron chi connectivity index (χ4n) is 3.60. The van der Waals surface area contributed by atoms with Crippen molar-refractivity contribution in [1.82, 2.24) is 15.5 Å². The number of alkyl halides is 3. The van der Waals surface area contributed by atoms with Gasteiger partial charge in [-0.2, -0.15) is 13.2 Å². The lowest BCUT2D eigenvalue weighted by Crippen LogP contribution is -2.51. The third kappa shape index (κ3) is 6.97. The van der Waals surface area contributed by atoms with Crippen LogP contribution in [0.2, 0.25) is 0 Å². The summed E-state index contributed by atoms with van der Waals surface area (Å²) in [4.78, 5) is 8.10. The van der Waals surface area contributed by atoms with Gasteiger partial charge in [0.1, 0.15) is 0 Å². The topological polar surface area (TPSA) is 42.9 Å². The third-order valence-corrected chi connectivity index (χ3v) is 5.82. The number of piperidine rings is 1. The van der Waals surface area contributed by atoms with Crippen molar-refractivity contribution in [3.63, 3.8) is 0 Å². The molecule has 27 heavy (non-hydrogen) atoms. The number of likely N-dealkylation sites (tertiary alicyclic amines) is 1. The zero-order valence-electron chi connectivity index (χ0n) is 15.3. The standard InChI is InChI=1S/C17H26F3N5S.HI/c1-21-16(23-14-4-7-24(11-14)12-17(18,19)20)22-13-5-8-25(9-6-13)15-3-2-10-26-15;/h2-3,10,13-14H,4-9,11-12H2,1H3,(H2,21,22,23);1H. The number of thiophene rings is 1. The van der Waals surface area contributed by atoms with Gasteiger partial charge in [0.2, 0.25) is 0 Å². The molecule has 1 atom stereocenters. The fraction of sp³-hybridized carbons (Fsp3) is 0.706. The second kappa shape index (κ2) is 10.1. The summed E-state index contributed by atoms with van der Waals surface area (Å²) in [6.07, 6.45) is -1.40. The molecule has 0 saturated carbocycles. The van der Waals surface area contributed by atoms with E-state index in [0.717, 1.165) is 25.9 Å². The summed E-state index contributed by atoms with van der Waals surface area (Å²) in [5.74, 6) is 0.693. The van der Waals surface area contributed by atoms with Gasteiger partial charge in [-0.1, -0.05) is 0 Å². The molecule has 0 radical (unpaired) electrons. The number of halogens is 4. The van der Waals surface area contributed by atoms with Gasteiger partial charge in [0.15, 0.2) is 5.96 Å². The van der Waals surface area contributed by atoms with Crippen LogP contribution < -0.4 is 15.5 Å². The molecule has 1 unspecified atom stereocenters. The van der Waals surface area contributed by atoms with Gasteiger partial charge in [0.05, 0.1) is 11.5 Å². The van der Waals surface area contributed by atoms with E-state index < -0.39 is 12.7 Å². The Bertz CT molecular complexity index is 588. The highest BCUT2D eigenvalue weighted by atomic mass is 127. The first-order chi connectivity index (χ1) is 12.4. The summed E-state index contributed by atoms with van der Waals surface area (Å²) in [5, 5.41) is 10.1. The van der Waals surface area contributed by atoms with E-state index in [2.05, 4.69) is 38.0 Å². The van der Waals surface area contributed by atoms with Gasteiger partial charge in [0, 0.05) is 45.3 Å². The van der Waals surface area contributed by atoms with Crippen LogP contribution in [-0.2, 0) is 0 Å². The minimum absolute atomic E-state index is 0. The van der Waals surface area contributed by atoms with Crippen molar-refractivity contribution in [2.75, 3.05) is 44.7 Å². The average molecular weight is 517 g/mol. The van der Waals surface area contributed by atoms with Crippen LogP contribution in [0.1, 0.15) is 19.3 Å². The lowest BCUT2D eigenvalue weighted by molar-refractivity contribution is -0.143. The van der Waals surface area contributed by atoms with Gasteiger partial charge in [0.25, 0.3) is 0 Å². The summed E-state index contributed by atoms with van der Waals surface area (Å²) < 4.78 is 37.5. The van der Waals surface area contributed by atoms with Gasteiger partial charge < -0.3 is 15.5 Å². The van der Waals surface area contributed by atoms with Crippen molar-refractivity contribution < 1.29 is 13.2 Å². The SMILES string of the molecule is CN=C(NC1CCN(c2cccs2)CC1)NC1CCN(CC(F)(F)F)C1.I. The highest BCUT2D eigenvalue weighted by molar-refractivity contribution is 14.0. The molecule has 0 bridgehead atoms. The van der Waals surface area contributed by atoms with Crippen molar-refractivity contribution in [2.24, 2.45) is 4.99 Å². The summed E-state index contributed by atoms with van der Waals surface area (Å²) in [6, 6.07) is 4.56. The summed E-state index contributed by atoms with van der Waals surface area (Å²) in [6.45, 7) is 2.03. The molecule has 2 N–H and O–H groups in total. The van der Waals surface area contributed by atoms with Crippen molar-refractivity contribution in [2.45, 2.75) is 37.5 Å². The van der Waals surface area contributed by atoms with Crippen molar-refractivity contribution in [3.8, 4) is 0 Å². The van der Waals surface area contributed by atoms with Gasteiger partial charge in [-0.25, -0.2) is 0 Å². The Morgan fingerprint density at radius 1 is 1.19 bits per heavy atom. The molecule has 0 amide bonds. The third-order valence-electron chi connectivity index (χ3n) is 4.89. The maximum atomic E-state index is 12.5. The predicted molar refractivity (Wildman–Crippen MR) is 115 cm³/mol. The van der Waals surface area contributed by atoms with E-state index in [4.69, 9.17) is 0 Å². The summed E-state index contributed by atoms with van der Waals surface area (Å²) >= 11 is 1.76. The number of nitrogens with one attached hydrogen (secondary N) is 2. The predicted octanol–water partition coefficient (Wildman–Crippen LogP) is 3.14. The molecule has 2 saturated heterocycles. The van der Waals surface area contributed by atoms with Crippen molar-refractivity contribution in [1.29, 1.82) is 0 Å². The van der Waals surface area contributed by atoms with Crippen LogP contribution in [0.15, 0.2) is 22.5 Å². The molecule has 0 aliphatic carbocycles. The Kier molecular flexibility index (Phi) is 8.47. The quantitative estimate of drug-likeness (QED) is 0.366. The maximum Gasteiger partial charge on any atom is 0.401 e. The van der Waals surface area contributed by atoms with Gasteiger partial charge >= 0.3 is 6.18 Å². The molecule has 1 aromatic heterocycles. The molecular weight excluding hydrogens is 490 g/mol. The van der Waals surface area contributed by atoms with Crippen LogP contribution in [0.5, 0.6) is 0 Å². The molecular formula is C17H27F3IN5S. The van der Waals surface area contributed by atoms with Crippen LogP contribution in [0.25, 0.3) is 0 Å². The van der Waals surface area contributed by atoms with Crippen molar-refractivity contribution in [3.05, 3.63) is 17.5 Å². The number of hydrogen-bond donors (Lipinski definition) is 2. The first kappa shape index (κ1) is 22.5. The molecule has 3 rings (SSSR count). The molecule has 0 spiro atoms. The average Bonchev–Trinajstić information content (AvgIpc) is 3.25. The maximum absolute atomic E-state index is 12.5. The van der Waals surface area contributed by atoms with Crippen LogP contribution >= 0.6 is 35.3 Å². The molecule has 2 fully saturated rings. The number of rotatable bonds is 4. The second-order valence-electron chi connectivity index (χ2n) is 6.91. The van der Waals surface area contributed by atoms with E-state index in [-0.39, 0.29) is 30.0 Å². The zero-order chi connectivity index (χ0) is 18.6. The van der Waals surface area contributed by atoms with Crippen LogP contribution in [0.4, 0.5) is 18.2 Å². The van der Waals surface area contributed by atoms with E-state index in [1.54, 1.807) is 18.4 Å². The van der Waals surface area contributed by atoms with Crippen molar-refractivity contribution >= 4 is 46.3 Å². The minimum atomic E-state index is -4.13. The normalized spacial score (nSPS) is 22.6. The first-order valence-electron chi connectivity index (χ1n) is 9.00. The molecule has 0 aromatic carbocycles. The highest BCUT2D eigenvalue weighted by Gasteiger charge is 2.34. The summed E-state index contributed by atoms with van der Waals surface area (Å²) in [5.41, 5.74) is 0. The largest absolute Gasteiger partial charge is 0.401 e. The van der Waals surface area contributed by atoms with Gasteiger partial charge in [-0.15, -0.1) is 35.3 Å². The van der Waals surface area contributed by atoms with E-state index in [0.29, 0.717) is 31.5 Å². The Morgan fingerprint density at radius 3 is 2.44 bits per heavy atom. The van der Waals surface area contributed by atoms with E-state index in [1.165, 1.54) is 9.90 Å². The second-order valence-corrected chi connectivity index (χ2v) is 7.84. The Hall–Kier alpha value is -0.750. The number of guanidine groups is 1. The monoisotopic (exact) mass is 517 g/mol. The van der Waals surface area contributed by atoms with Gasteiger partial charge in [-0.3, -0.25) is 9.89 Å². The highest BCUT2D eigenvalue weighted by Crippen LogP contribution is 2.25. The molecule has 154 valence electrons. The van der Waals surface area contributed by atoms with Crippen LogP contribution in [-0.4, -0.2) is 68.9 Å². The fourth-order valence-corrected chi connectivity index (χ4v) is 4.38. The number of hydrogen-bond acceptors (Lipinski definition) is 4. The lowest BCUT2D eigenvalue weighted by Gasteiger charge is -2.34. The molecule has 3 heterocycles. The molecule has 2 aliphatic heterocycles. The number of aliphatic imine (C=N–C) groups is 1. The summed E-state index contributed by atoms with van der Waals surface area (Å²) in [7, 11) is 1.71. The Balaban J connectivity index is 0.00000261. The molecule has 2 aliphatic rings. The molecule has 10 heteroatoms. The number of anilines is 1. The number of nitrogens with zero attached hydrogens (tertiary/aromatic N) is 3. The smallest absolute Gasteiger partial charge is 0.363 e. The van der Waals surface area contributed by atoms with E-state index in [9.17, 15) is 13.2 Å². The Labute approximate surface area is 179 Å².